The van der Waals surface area contributed by atoms with E-state index in [-0.39, 0.29) is 0 Å². The van der Waals surface area contributed by atoms with Crippen molar-refractivity contribution in [2.45, 2.75) is 25.9 Å². The quantitative estimate of drug-likeness (QED) is 0.475. The van der Waals surface area contributed by atoms with Gasteiger partial charge in [0.05, 0.1) is 6.10 Å². The average Bonchev–Trinajstić information content (AvgIpc) is 1.58. The molecule has 0 heterocycles. The van der Waals surface area contributed by atoms with Crippen LogP contribution in [0.1, 0.15) is 19.8 Å². The summed E-state index contributed by atoms with van der Waals surface area (Å²) in [5.74, 6) is 0.908. The van der Waals surface area contributed by atoms with Gasteiger partial charge in [-0.05, 0) is 18.8 Å². The maximum absolute atomic E-state index is 4.97. The predicted molar refractivity (Wildman–Crippen MR) is 33.0 cm³/mol. The average molecular weight is 118 g/mol. The predicted octanol–water partition coefficient (Wildman–Crippen LogP) is 1.59. The summed E-state index contributed by atoms with van der Waals surface area (Å²) in [4.78, 5) is 0. The fourth-order valence-electron chi connectivity index (χ4n) is 0.940. The zero-order chi connectivity index (χ0) is 5.28. The molecule has 1 rings (SSSR count). The van der Waals surface area contributed by atoms with Crippen molar-refractivity contribution in [3.63, 3.8) is 0 Å². The van der Waals surface area contributed by atoms with E-state index in [0.29, 0.717) is 6.10 Å². The van der Waals surface area contributed by atoms with Gasteiger partial charge in [-0.2, -0.15) is 0 Å². The Balaban J connectivity index is 2.06. The van der Waals surface area contributed by atoms with E-state index in [0.717, 1.165) is 5.92 Å². The minimum absolute atomic E-state index is 0.556. The van der Waals surface area contributed by atoms with Crippen molar-refractivity contribution in [2.24, 2.45) is 5.92 Å². The van der Waals surface area contributed by atoms with Gasteiger partial charge in [0.1, 0.15) is 0 Å². The summed E-state index contributed by atoms with van der Waals surface area (Å²) >= 11 is 0. The second-order valence-electron chi connectivity index (χ2n) is 2.33. The van der Waals surface area contributed by atoms with Gasteiger partial charge in [-0.1, -0.05) is 6.92 Å². The van der Waals surface area contributed by atoms with Crippen LogP contribution in [0.2, 0.25) is 0 Å². The lowest BCUT2D eigenvalue weighted by Gasteiger charge is -2.30. The van der Waals surface area contributed by atoms with Crippen molar-refractivity contribution >= 4 is 9.47 Å². The van der Waals surface area contributed by atoms with Gasteiger partial charge in [-0.3, -0.25) is 0 Å². The van der Waals surface area contributed by atoms with Gasteiger partial charge in [0.15, 0.2) is 0 Å². The first kappa shape index (κ1) is 5.53. The van der Waals surface area contributed by atoms with E-state index in [2.05, 4.69) is 16.4 Å². The highest BCUT2D eigenvalue weighted by molar-refractivity contribution is 7.09. The van der Waals surface area contributed by atoms with Crippen LogP contribution in [0.15, 0.2) is 0 Å². The molecule has 1 aliphatic carbocycles. The zero-order valence-corrected chi connectivity index (χ0v) is 5.71. The maximum atomic E-state index is 4.97. The van der Waals surface area contributed by atoms with E-state index in [4.69, 9.17) is 4.52 Å². The molecule has 0 aromatic heterocycles. The SMILES string of the molecule is C[C@H]1C[C@@H](OP)C1. The first-order valence-electron chi connectivity index (χ1n) is 2.68. The van der Waals surface area contributed by atoms with E-state index in [9.17, 15) is 0 Å². The standard InChI is InChI=1S/C5H11OP/c1-4-2-5(3-4)6-7/h4-5H,2-3,7H2,1H3/t4-,5+. The van der Waals surface area contributed by atoms with Gasteiger partial charge in [0.2, 0.25) is 0 Å². The first-order chi connectivity index (χ1) is 3.33. The highest BCUT2D eigenvalue weighted by Gasteiger charge is 2.24. The van der Waals surface area contributed by atoms with Crippen molar-refractivity contribution in [3.05, 3.63) is 0 Å². The fraction of sp³-hybridized carbons (Fsp3) is 1.00. The summed E-state index contributed by atoms with van der Waals surface area (Å²) in [6.07, 6.45) is 3.06. The topological polar surface area (TPSA) is 9.23 Å². The van der Waals surface area contributed by atoms with Gasteiger partial charge < -0.3 is 4.52 Å². The first-order valence-corrected chi connectivity index (χ1v) is 3.15. The van der Waals surface area contributed by atoms with Crippen molar-refractivity contribution < 1.29 is 4.52 Å². The van der Waals surface area contributed by atoms with Gasteiger partial charge in [0.25, 0.3) is 0 Å². The van der Waals surface area contributed by atoms with Crippen LogP contribution >= 0.6 is 9.47 Å². The van der Waals surface area contributed by atoms with Crippen LogP contribution in [0.5, 0.6) is 0 Å². The molecule has 42 valence electrons. The molecule has 1 saturated carbocycles. The van der Waals surface area contributed by atoms with E-state index < -0.39 is 0 Å². The fourth-order valence-corrected chi connectivity index (χ4v) is 1.16. The van der Waals surface area contributed by atoms with Crippen LogP contribution in [0.25, 0.3) is 0 Å². The zero-order valence-electron chi connectivity index (χ0n) is 4.55. The normalized spacial score (nSPS) is 40.3. The molecular weight excluding hydrogens is 107 g/mol. The minimum Gasteiger partial charge on any atom is -0.362 e. The molecule has 0 aromatic carbocycles. The monoisotopic (exact) mass is 118 g/mol. The highest BCUT2D eigenvalue weighted by atomic mass is 31.0. The molecule has 0 spiro atoms. The Labute approximate surface area is 46.7 Å². The molecule has 1 unspecified atom stereocenters. The second kappa shape index (κ2) is 2.11. The molecule has 0 N–H and O–H groups in total. The molecule has 0 amide bonds. The molecule has 1 nitrogen and oxygen atoms in total. The molecule has 0 bridgehead atoms. The third-order valence-corrected chi connectivity index (χ3v) is 1.91. The van der Waals surface area contributed by atoms with Gasteiger partial charge >= 0.3 is 0 Å². The molecule has 1 atom stereocenters. The van der Waals surface area contributed by atoms with E-state index >= 15 is 0 Å². The van der Waals surface area contributed by atoms with Crippen LogP contribution in [-0.2, 0) is 4.52 Å². The molecule has 1 aliphatic rings. The van der Waals surface area contributed by atoms with Crippen LogP contribution in [0.4, 0.5) is 0 Å². The van der Waals surface area contributed by atoms with Crippen LogP contribution in [0.3, 0.4) is 0 Å². The number of rotatable bonds is 1. The van der Waals surface area contributed by atoms with E-state index in [1.54, 1.807) is 0 Å². The van der Waals surface area contributed by atoms with Gasteiger partial charge in [-0.25, -0.2) is 0 Å². The van der Waals surface area contributed by atoms with Crippen molar-refractivity contribution in [3.8, 4) is 0 Å². The van der Waals surface area contributed by atoms with Gasteiger partial charge in [0, 0.05) is 9.47 Å². The van der Waals surface area contributed by atoms with Crippen molar-refractivity contribution in [2.75, 3.05) is 0 Å². The lowest BCUT2D eigenvalue weighted by Crippen LogP contribution is -2.26. The Morgan fingerprint density at radius 3 is 2.29 bits per heavy atom. The minimum atomic E-state index is 0.556. The molecule has 2 heteroatoms. The summed E-state index contributed by atoms with van der Waals surface area (Å²) in [7, 11) is 2.31. The molecule has 1 fully saturated rings. The van der Waals surface area contributed by atoms with Crippen LogP contribution < -0.4 is 0 Å². The number of hydrogen-bond donors (Lipinski definition) is 0. The Morgan fingerprint density at radius 2 is 2.14 bits per heavy atom. The summed E-state index contributed by atoms with van der Waals surface area (Å²) in [6, 6.07) is 0. The lowest BCUT2D eigenvalue weighted by molar-refractivity contribution is 0.0934. The van der Waals surface area contributed by atoms with E-state index in [1.807, 2.05) is 0 Å². The summed E-state index contributed by atoms with van der Waals surface area (Å²) in [6.45, 7) is 2.25. The van der Waals surface area contributed by atoms with Gasteiger partial charge in [-0.15, -0.1) is 0 Å². The summed E-state index contributed by atoms with van der Waals surface area (Å²) in [5.41, 5.74) is 0. The Kier molecular flexibility index (Phi) is 1.66. The Morgan fingerprint density at radius 1 is 1.57 bits per heavy atom. The smallest absolute Gasteiger partial charge is 0.0616 e. The molecule has 0 aromatic rings. The summed E-state index contributed by atoms with van der Waals surface area (Å²) in [5, 5.41) is 0. The molecular formula is C5H11OP. The Bertz CT molecular complexity index is 59.1. The third kappa shape index (κ3) is 1.14. The molecule has 7 heavy (non-hydrogen) atoms. The lowest BCUT2D eigenvalue weighted by atomic mass is 9.84. The highest BCUT2D eigenvalue weighted by Crippen LogP contribution is 2.30. The molecule has 0 saturated heterocycles. The second-order valence-corrected chi connectivity index (χ2v) is 2.61. The van der Waals surface area contributed by atoms with Crippen molar-refractivity contribution in [1.82, 2.24) is 0 Å². The van der Waals surface area contributed by atoms with Crippen LogP contribution in [0, 0.1) is 5.92 Å². The molecule has 0 aliphatic heterocycles. The maximum Gasteiger partial charge on any atom is 0.0616 e. The van der Waals surface area contributed by atoms with E-state index in [1.165, 1.54) is 12.8 Å². The van der Waals surface area contributed by atoms with Crippen LogP contribution in [-0.4, -0.2) is 6.10 Å². The number of hydrogen-bond acceptors (Lipinski definition) is 1. The third-order valence-electron chi connectivity index (χ3n) is 1.52. The summed E-state index contributed by atoms with van der Waals surface area (Å²) < 4.78 is 4.97. The Hall–Kier alpha value is 0.390. The van der Waals surface area contributed by atoms with Crippen molar-refractivity contribution in [1.29, 1.82) is 0 Å². The molecule has 0 radical (unpaired) electrons. The largest absolute Gasteiger partial charge is 0.362 e.